The van der Waals surface area contributed by atoms with Gasteiger partial charge in [0.05, 0.1) is 17.2 Å². The smallest absolute Gasteiger partial charge is 0.0794 e. The highest BCUT2D eigenvalue weighted by Crippen LogP contribution is 2.42. The van der Waals surface area contributed by atoms with Gasteiger partial charge in [0.15, 0.2) is 0 Å². The van der Waals surface area contributed by atoms with Crippen molar-refractivity contribution in [2.45, 2.75) is 63.7 Å². The van der Waals surface area contributed by atoms with Crippen LogP contribution in [0.15, 0.2) is 0 Å². The third kappa shape index (κ3) is 3.69. The molecule has 4 nitrogen and oxygen atoms in total. The number of nitrogens with two attached hydrogens (primary N) is 1. The minimum Gasteiger partial charge on any atom is -0.375 e. The molecule has 2 aliphatic rings. The van der Waals surface area contributed by atoms with Crippen LogP contribution in [0.4, 0.5) is 0 Å². The Hall–Kier alpha value is 0.190. The lowest BCUT2D eigenvalue weighted by Crippen LogP contribution is -2.58. The molecule has 0 aromatic carbocycles. The fourth-order valence-electron chi connectivity index (χ4n) is 3.81. The summed E-state index contributed by atoms with van der Waals surface area (Å²) in [5.41, 5.74) is 2.90. The Morgan fingerprint density at radius 1 is 1.45 bits per heavy atom. The first-order valence-electron chi connectivity index (χ1n) is 7.85. The van der Waals surface area contributed by atoms with Gasteiger partial charge in [0, 0.05) is 13.2 Å². The molecule has 2 unspecified atom stereocenters. The van der Waals surface area contributed by atoms with Crippen molar-refractivity contribution in [3.8, 4) is 0 Å². The Bertz CT molecular complexity index is 301. The molecule has 0 saturated carbocycles. The van der Waals surface area contributed by atoms with E-state index in [0.717, 1.165) is 26.1 Å². The number of nitrogens with one attached hydrogen (secondary N) is 1. The molecule has 5 heteroatoms. The van der Waals surface area contributed by atoms with Gasteiger partial charge in [-0.1, -0.05) is 0 Å². The van der Waals surface area contributed by atoms with Crippen LogP contribution < -0.4 is 11.3 Å². The lowest BCUT2D eigenvalue weighted by molar-refractivity contribution is -0.128. The molecular formula is C15H30N2O2S. The fourth-order valence-corrected chi connectivity index (χ4v) is 5.05. The zero-order chi connectivity index (χ0) is 14.6. The number of rotatable bonds is 5. The molecule has 2 rings (SSSR count). The van der Waals surface area contributed by atoms with Crippen LogP contribution in [0.3, 0.4) is 0 Å². The Labute approximate surface area is 127 Å². The van der Waals surface area contributed by atoms with Gasteiger partial charge in [0.1, 0.15) is 0 Å². The van der Waals surface area contributed by atoms with Crippen molar-refractivity contribution in [1.29, 1.82) is 0 Å². The van der Waals surface area contributed by atoms with Crippen molar-refractivity contribution in [1.82, 2.24) is 5.43 Å². The molecule has 0 aromatic heterocycles. The van der Waals surface area contributed by atoms with Crippen molar-refractivity contribution in [2.24, 2.45) is 11.8 Å². The molecule has 0 amide bonds. The van der Waals surface area contributed by atoms with Gasteiger partial charge in [0.2, 0.25) is 0 Å². The number of ether oxygens (including phenoxy) is 2. The summed E-state index contributed by atoms with van der Waals surface area (Å²) in [4.78, 5) is 0. The highest BCUT2D eigenvalue weighted by atomic mass is 32.2. The molecule has 2 heterocycles. The van der Waals surface area contributed by atoms with Gasteiger partial charge < -0.3 is 9.47 Å². The maximum absolute atomic E-state index is 6.18. The normalized spacial score (nSPS) is 28.5. The summed E-state index contributed by atoms with van der Waals surface area (Å²) in [5, 5.41) is 0. The summed E-state index contributed by atoms with van der Waals surface area (Å²) in [7, 11) is 0. The van der Waals surface area contributed by atoms with Crippen molar-refractivity contribution in [2.75, 3.05) is 24.7 Å². The Kier molecular flexibility index (Phi) is 5.77. The van der Waals surface area contributed by atoms with E-state index in [2.05, 4.69) is 19.3 Å². The van der Waals surface area contributed by atoms with Crippen LogP contribution >= 0.6 is 11.8 Å². The minimum absolute atomic E-state index is 0.103. The Morgan fingerprint density at radius 3 is 2.75 bits per heavy atom. The second kappa shape index (κ2) is 6.97. The molecule has 0 bridgehead atoms. The van der Waals surface area contributed by atoms with Crippen molar-refractivity contribution in [3.63, 3.8) is 0 Å². The van der Waals surface area contributed by atoms with E-state index in [9.17, 15) is 0 Å². The third-order valence-corrected chi connectivity index (χ3v) is 5.84. The Balaban J connectivity index is 2.06. The highest BCUT2D eigenvalue weighted by molar-refractivity contribution is 7.99. The summed E-state index contributed by atoms with van der Waals surface area (Å²) in [6.45, 7) is 7.89. The van der Waals surface area contributed by atoms with E-state index in [4.69, 9.17) is 15.3 Å². The Morgan fingerprint density at radius 2 is 2.15 bits per heavy atom. The predicted octanol–water partition coefficient (Wildman–Crippen LogP) is 2.33. The molecule has 2 atom stereocenters. The molecule has 1 spiro atoms. The zero-order valence-corrected chi connectivity index (χ0v) is 13.9. The molecule has 0 aromatic rings. The maximum atomic E-state index is 6.18. The molecule has 20 heavy (non-hydrogen) atoms. The molecule has 2 saturated heterocycles. The van der Waals surface area contributed by atoms with Crippen LogP contribution in [0.1, 0.15) is 46.5 Å². The molecule has 3 N–H and O–H groups in total. The first-order chi connectivity index (χ1) is 9.53. The summed E-state index contributed by atoms with van der Waals surface area (Å²) in [6.07, 6.45) is 4.54. The SMILES string of the molecule is CCOC(C)(C)C(NN)C1CCOC2(CCSCC2)C1. The third-order valence-electron chi connectivity index (χ3n) is 4.85. The van der Waals surface area contributed by atoms with Crippen LogP contribution in [0.5, 0.6) is 0 Å². The van der Waals surface area contributed by atoms with Gasteiger partial charge >= 0.3 is 0 Å². The van der Waals surface area contributed by atoms with E-state index < -0.39 is 0 Å². The maximum Gasteiger partial charge on any atom is 0.0794 e. The average molecular weight is 302 g/mol. The first kappa shape index (κ1) is 16.6. The summed E-state index contributed by atoms with van der Waals surface area (Å²) in [5.74, 6) is 8.84. The first-order valence-corrected chi connectivity index (χ1v) is 9.00. The van der Waals surface area contributed by atoms with Gasteiger partial charge in [0.25, 0.3) is 0 Å². The van der Waals surface area contributed by atoms with Gasteiger partial charge in [-0.3, -0.25) is 11.3 Å². The summed E-state index contributed by atoms with van der Waals surface area (Å²) in [6, 6.07) is 0.179. The predicted molar refractivity (Wildman–Crippen MR) is 84.8 cm³/mol. The van der Waals surface area contributed by atoms with Crippen LogP contribution in [0, 0.1) is 5.92 Å². The van der Waals surface area contributed by atoms with E-state index in [1.165, 1.54) is 24.3 Å². The van der Waals surface area contributed by atoms with Crippen LogP contribution in [-0.2, 0) is 9.47 Å². The van der Waals surface area contributed by atoms with Gasteiger partial charge in [-0.2, -0.15) is 11.8 Å². The monoisotopic (exact) mass is 302 g/mol. The van der Waals surface area contributed by atoms with Crippen molar-refractivity contribution < 1.29 is 9.47 Å². The molecule has 0 aliphatic carbocycles. The van der Waals surface area contributed by atoms with Gasteiger partial charge in [-0.05, 0) is 63.9 Å². The van der Waals surface area contributed by atoms with E-state index in [-0.39, 0.29) is 17.2 Å². The standard InChI is InChI=1S/C15H30N2O2S/c1-4-18-14(2,3)13(17-16)12-5-8-19-15(11-12)6-9-20-10-7-15/h12-13,17H,4-11,16H2,1-3H3. The zero-order valence-electron chi connectivity index (χ0n) is 13.1. The fraction of sp³-hybridized carbons (Fsp3) is 1.00. The second-order valence-corrected chi connectivity index (χ2v) is 7.80. The van der Waals surface area contributed by atoms with Crippen LogP contribution in [-0.4, -0.2) is 42.0 Å². The van der Waals surface area contributed by atoms with E-state index in [1.807, 2.05) is 18.7 Å². The number of hydrogen-bond acceptors (Lipinski definition) is 5. The molecule has 0 radical (unpaired) electrons. The molecule has 2 aliphatic heterocycles. The number of hydrazine groups is 1. The largest absolute Gasteiger partial charge is 0.375 e. The van der Waals surface area contributed by atoms with Crippen LogP contribution in [0.2, 0.25) is 0 Å². The molecular weight excluding hydrogens is 272 g/mol. The number of hydrogen-bond donors (Lipinski definition) is 2. The second-order valence-electron chi connectivity index (χ2n) is 6.58. The molecule has 2 fully saturated rings. The average Bonchev–Trinajstić information content (AvgIpc) is 2.40. The highest BCUT2D eigenvalue weighted by Gasteiger charge is 2.44. The van der Waals surface area contributed by atoms with E-state index >= 15 is 0 Å². The summed E-state index contributed by atoms with van der Waals surface area (Å²) < 4.78 is 12.1. The quantitative estimate of drug-likeness (QED) is 0.603. The van der Waals surface area contributed by atoms with E-state index in [1.54, 1.807) is 0 Å². The lowest BCUT2D eigenvalue weighted by Gasteiger charge is -2.48. The van der Waals surface area contributed by atoms with Gasteiger partial charge in [-0.15, -0.1) is 0 Å². The van der Waals surface area contributed by atoms with Crippen molar-refractivity contribution in [3.05, 3.63) is 0 Å². The van der Waals surface area contributed by atoms with Gasteiger partial charge in [-0.25, -0.2) is 0 Å². The minimum atomic E-state index is -0.240. The summed E-state index contributed by atoms with van der Waals surface area (Å²) >= 11 is 2.05. The molecule has 118 valence electrons. The topological polar surface area (TPSA) is 56.5 Å². The van der Waals surface area contributed by atoms with Crippen LogP contribution in [0.25, 0.3) is 0 Å². The number of thioether (sulfide) groups is 1. The van der Waals surface area contributed by atoms with Crippen molar-refractivity contribution >= 4 is 11.8 Å². The van der Waals surface area contributed by atoms with E-state index in [0.29, 0.717) is 5.92 Å². The lowest BCUT2D eigenvalue weighted by atomic mass is 9.75.